The molecule has 1 aliphatic rings. The zero-order valence-electron chi connectivity index (χ0n) is 14.0. The zero-order chi connectivity index (χ0) is 18.4. The molecule has 0 saturated heterocycles. The maximum Gasteiger partial charge on any atom is 0.146 e. The van der Waals surface area contributed by atoms with Crippen molar-refractivity contribution in [2.24, 2.45) is 0 Å². The third kappa shape index (κ3) is 3.24. The SMILES string of the molecule is CC1(C)CN([C@@H](c2cc(F)cc(Cl)c2)[C@H](O)CO)c2c(F)cccc21. The molecular formula is C19H20ClF2NO2. The summed E-state index contributed by atoms with van der Waals surface area (Å²) in [5.74, 6) is -0.967. The molecule has 0 radical (unpaired) electrons. The summed E-state index contributed by atoms with van der Waals surface area (Å²) in [6.45, 7) is 3.83. The standard InChI is InChI=1S/C19H20ClF2NO2/c1-19(2)10-23(18-14(19)4-3-5-15(18)22)17(16(25)9-24)11-6-12(20)8-13(21)7-11/h3-8,16-17,24-25H,9-10H2,1-2H3/t16-,17+/m1/s1. The second-order valence-electron chi connectivity index (χ2n) is 7.05. The minimum atomic E-state index is -1.22. The molecule has 0 aromatic heterocycles. The number of para-hydroxylation sites is 1. The van der Waals surface area contributed by atoms with Crippen molar-refractivity contribution in [3.63, 3.8) is 0 Å². The smallest absolute Gasteiger partial charge is 0.146 e. The van der Waals surface area contributed by atoms with Crippen LogP contribution in [0.25, 0.3) is 0 Å². The molecular weight excluding hydrogens is 348 g/mol. The average molecular weight is 368 g/mol. The summed E-state index contributed by atoms with van der Waals surface area (Å²) < 4.78 is 28.4. The van der Waals surface area contributed by atoms with E-state index in [0.717, 1.165) is 11.6 Å². The van der Waals surface area contributed by atoms with Crippen molar-refractivity contribution in [2.75, 3.05) is 18.1 Å². The molecule has 2 aromatic carbocycles. The molecule has 2 aromatic rings. The minimum Gasteiger partial charge on any atom is -0.394 e. The lowest BCUT2D eigenvalue weighted by molar-refractivity contribution is 0.0708. The zero-order valence-corrected chi connectivity index (χ0v) is 14.8. The number of hydrogen-bond acceptors (Lipinski definition) is 3. The van der Waals surface area contributed by atoms with Crippen molar-refractivity contribution in [2.45, 2.75) is 31.4 Å². The Labute approximate surface area is 150 Å². The molecule has 2 N–H and O–H groups in total. The highest BCUT2D eigenvalue weighted by atomic mass is 35.5. The molecule has 0 spiro atoms. The van der Waals surface area contributed by atoms with Gasteiger partial charge in [-0.1, -0.05) is 37.6 Å². The second-order valence-corrected chi connectivity index (χ2v) is 7.48. The summed E-state index contributed by atoms with van der Waals surface area (Å²) in [7, 11) is 0. The Bertz CT molecular complexity index is 777. The van der Waals surface area contributed by atoms with Gasteiger partial charge in [0.05, 0.1) is 18.3 Å². The molecule has 1 aliphatic heterocycles. The number of rotatable bonds is 4. The molecule has 0 amide bonds. The lowest BCUT2D eigenvalue weighted by Crippen LogP contribution is -2.40. The predicted molar refractivity (Wildman–Crippen MR) is 94.0 cm³/mol. The number of hydrogen-bond donors (Lipinski definition) is 2. The van der Waals surface area contributed by atoms with Gasteiger partial charge in [0, 0.05) is 17.0 Å². The fraction of sp³-hybridized carbons (Fsp3) is 0.368. The van der Waals surface area contributed by atoms with Gasteiger partial charge in [-0.2, -0.15) is 0 Å². The number of benzene rings is 2. The van der Waals surface area contributed by atoms with Gasteiger partial charge in [-0.15, -0.1) is 0 Å². The second kappa shape index (κ2) is 6.56. The van der Waals surface area contributed by atoms with Crippen LogP contribution in [-0.4, -0.2) is 29.5 Å². The highest BCUT2D eigenvalue weighted by Gasteiger charge is 2.42. The van der Waals surface area contributed by atoms with Crippen molar-refractivity contribution in [3.05, 3.63) is 64.2 Å². The summed E-state index contributed by atoms with van der Waals surface area (Å²) in [6.07, 6.45) is -1.22. The van der Waals surface area contributed by atoms with E-state index in [9.17, 15) is 19.0 Å². The number of aliphatic hydroxyl groups is 2. The summed E-state index contributed by atoms with van der Waals surface area (Å²) in [5, 5.41) is 20.1. The Morgan fingerprint density at radius 3 is 2.60 bits per heavy atom. The maximum absolute atomic E-state index is 14.6. The summed E-state index contributed by atoms with van der Waals surface area (Å²) in [4.78, 5) is 1.69. The quantitative estimate of drug-likeness (QED) is 0.863. The third-order valence-corrected chi connectivity index (χ3v) is 4.90. The van der Waals surface area contributed by atoms with Crippen LogP contribution in [0.3, 0.4) is 0 Å². The number of anilines is 1. The topological polar surface area (TPSA) is 43.7 Å². The summed E-state index contributed by atoms with van der Waals surface area (Å²) >= 11 is 5.96. The number of aliphatic hydroxyl groups excluding tert-OH is 2. The Balaban J connectivity index is 2.16. The molecule has 3 rings (SSSR count). The van der Waals surface area contributed by atoms with Crippen LogP contribution in [0.15, 0.2) is 36.4 Å². The fourth-order valence-corrected chi connectivity index (χ4v) is 3.87. The van der Waals surface area contributed by atoms with E-state index in [2.05, 4.69) is 0 Å². The van der Waals surface area contributed by atoms with Gasteiger partial charge in [-0.05, 0) is 35.4 Å². The third-order valence-electron chi connectivity index (χ3n) is 4.68. The van der Waals surface area contributed by atoms with Crippen LogP contribution in [0.1, 0.15) is 31.0 Å². The average Bonchev–Trinajstić information content (AvgIpc) is 2.79. The van der Waals surface area contributed by atoms with E-state index in [1.54, 1.807) is 11.0 Å². The largest absolute Gasteiger partial charge is 0.394 e. The first-order valence-corrected chi connectivity index (χ1v) is 8.43. The molecule has 134 valence electrons. The van der Waals surface area contributed by atoms with E-state index in [4.69, 9.17) is 11.6 Å². The molecule has 3 nitrogen and oxygen atoms in total. The maximum atomic E-state index is 14.6. The van der Waals surface area contributed by atoms with Crippen molar-refractivity contribution in [1.29, 1.82) is 0 Å². The van der Waals surface area contributed by atoms with Crippen LogP contribution >= 0.6 is 11.6 Å². The number of nitrogens with zero attached hydrogens (tertiary/aromatic N) is 1. The van der Waals surface area contributed by atoms with Gasteiger partial charge in [-0.3, -0.25) is 0 Å². The normalized spacial score (nSPS) is 18.1. The van der Waals surface area contributed by atoms with Crippen LogP contribution in [0, 0.1) is 11.6 Å². The van der Waals surface area contributed by atoms with Gasteiger partial charge in [0.1, 0.15) is 17.7 Å². The minimum absolute atomic E-state index is 0.178. The van der Waals surface area contributed by atoms with E-state index in [1.165, 1.54) is 18.2 Å². The molecule has 6 heteroatoms. The Morgan fingerprint density at radius 1 is 1.24 bits per heavy atom. The number of fused-ring (bicyclic) bond motifs is 1. The van der Waals surface area contributed by atoms with Gasteiger partial charge in [0.15, 0.2) is 0 Å². The predicted octanol–water partition coefficient (Wildman–Crippen LogP) is 3.81. The Morgan fingerprint density at radius 2 is 1.96 bits per heavy atom. The van der Waals surface area contributed by atoms with Gasteiger partial charge in [-0.25, -0.2) is 8.78 Å². The van der Waals surface area contributed by atoms with Gasteiger partial charge < -0.3 is 15.1 Å². The lowest BCUT2D eigenvalue weighted by Gasteiger charge is -2.35. The van der Waals surface area contributed by atoms with E-state index in [-0.39, 0.29) is 10.4 Å². The van der Waals surface area contributed by atoms with Gasteiger partial charge in [0.25, 0.3) is 0 Å². The van der Waals surface area contributed by atoms with E-state index in [0.29, 0.717) is 17.8 Å². The molecule has 2 atom stereocenters. The lowest BCUT2D eigenvalue weighted by atomic mass is 9.87. The van der Waals surface area contributed by atoms with Crippen molar-refractivity contribution < 1.29 is 19.0 Å². The molecule has 25 heavy (non-hydrogen) atoms. The van der Waals surface area contributed by atoms with Crippen LogP contribution in [0.4, 0.5) is 14.5 Å². The monoisotopic (exact) mass is 367 g/mol. The Kier molecular flexibility index (Phi) is 4.75. The van der Waals surface area contributed by atoms with Crippen LogP contribution in [-0.2, 0) is 5.41 Å². The number of halogens is 3. The van der Waals surface area contributed by atoms with E-state index in [1.807, 2.05) is 19.9 Å². The van der Waals surface area contributed by atoms with Crippen molar-refractivity contribution >= 4 is 17.3 Å². The fourth-order valence-electron chi connectivity index (χ4n) is 3.64. The molecule has 1 heterocycles. The Hall–Kier alpha value is -1.69. The van der Waals surface area contributed by atoms with E-state index < -0.39 is 30.4 Å². The molecule has 0 bridgehead atoms. The first kappa shape index (κ1) is 18.1. The van der Waals surface area contributed by atoms with Crippen molar-refractivity contribution in [1.82, 2.24) is 0 Å². The molecule has 0 fully saturated rings. The molecule has 0 aliphatic carbocycles. The highest BCUT2D eigenvalue weighted by Crippen LogP contribution is 2.46. The first-order chi connectivity index (χ1) is 11.7. The van der Waals surface area contributed by atoms with Crippen LogP contribution < -0.4 is 4.90 Å². The highest BCUT2D eigenvalue weighted by molar-refractivity contribution is 6.30. The first-order valence-electron chi connectivity index (χ1n) is 8.05. The van der Waals surface area contributed by atoms with Crippen LogP contribution in [0.5, 0.6) is 0 Å². The van der Waals surface area contributed by atoms with Crippen molar-refractivity contribution in [3.8, 4) is 0 Å². The van der Waals surface area contributed by atoms with Gasteiger partial charge in [0.2, 0.25) is 0 Å². The molecule has 0 saturated carbocycles. The van der Waals surface area contributed by atoms with Crippen LogP contribution in [0.2, 0.25) is 5.02 Å². The summed E-state index contributed by atoms with van der Waals surface area (Å²) in [6, 6.07) is 7.97. The molecule has 0 unspecified atom stereocenters. The van der Waals surface area contributed by atoms with E-state index >= 15 is 0 Å². The van der Waals surface area contributed by atoms with Gasteiger partial charge >= 0.3 is 0 Å². The summed E-state index contributed by atoms with van der Waals surface area (Å²) in [5.41, 5.74) is 1.20.